The van der Waals surface area contributed by atoms with Gasteiger partial charge in [-0.1, -0.05) is 38.1 Å². The van der Waals surface area contributed by atoms with Crippen LogP contribution in [0.4, 0.5) is 13.2 Å². The van der Waals surface area contributed by atoms with E-state index >= 15 is 0 Å². The average molecular weight is 279 g/mol. The van der Waals surface area contributed by atoms with Crippen LogP contribution >= 0.6 is 0 Å². The normalized spacial score (nSPS) is 11.1. The topological polar surface area (TPSA) is 12.0 Å². The molecule has 106 valence electrons. The summed E-state index contributed by atoms with van der Waals surface area (Å²) in [6.45, 7) is 4.51. The monoisotopic (exact) mass is 279 g/mol. The SMILES string of the molecule is CC(C)NCc1ccc(-c2cccc(F)c2F)c(F)c1. The van der Waals surface area contributed by atoms with Gasteiger partial charge in [0, 0.05) is 23.7 Å². The summed E-state index contributed by atoms with van der Waals surface area (Å²) in [5.74, 6) is -2.57. The fourth-order valence-corrected chi connectivity index (χ4v) is 1.92. The van der Waals surface area contributed by atoms with E-state index in [9.17, 15) is 13.2 Å². The van der Waals surface area contributed by atoms with Gasteiger partial charge in [0.15, 0.2) is 11.6 Å². The van der Waals surface area contributed by atoms with Crippen LogP contribution in [0.5, 0.6) is 0 Å². The van der Waals surface area contributed by atoms with E-state index in [0.29, 0.717) is 12.6 Å². The Morgan fingerprint density at radius 1 is 0.950 bits per heavy atom. The first-order chi connectivity index (χ1) is 9.49. The minimum atomic E-state index is -1.03. The minimum Gasteiger partial charge on any atom is -0.310 e. The predicted molar refractivity (Wildman–Crippen MR) is 73.7 cm³/mol. The molecule has 20 heavy (non-hydrogen) atoms. The van der Waals surface area contributed by atoms with Gasteiger partial charge >= 0.3 is 0 Å². The molecule has 0 spiro atoms. The first kappa shape index (κ1) is 14.6. The molecular weight excluding hydrogens is 263 g/mol. The maximum absolute atomic E-state index is 14.1. The Morgan fingerprint density at radius 3 is 2.35 bits per heavy atom. The number of hydrogen-bond donors (Lipinski definition) is 1. The third kappa shape index (κ3) is 3.20. The Labute approximate surface area is 116 Å². The van der Waals surface area contributed by atoms with Crippen LogP contribution in [-0.2, 0) is 6.54 Å². The maximum Gasteiger partial charge on any atom is 0.166 e. The highest BCUT2D eigenvalue weighted by Crippen LogP contribution is 2.27. The Morgan fingerprint density at radius 2 is 1.70 bits per heavy atom. The van der Waals surface area contributed by atoms with Gasteiger partial charge in [0.2, 0.25) is 0 Å². The van der Waals surface area contributed by atoms with Gasteiger partial charge in [-0.3, -0.25) is 0 Å². The van der Waals surface area contributed by atoms with Gasteiger partial charge in [0.1, 0.15) is 5.82 Å². The van der Waals surface area contributed by atoms with Crippen LogP contribution in [0.15, 0.2) is 36.4 Å². The second-order valence-corrected chi connectivity index (χ2v) is 4.95. The Hall–Kier alpha value is -1.81. The summed E-state index contributed by atoms with van der Waals surface area (Å²) < 4.78 is 40.9. The minimum absolute atomic E-state index is 0.0640. The van der Waals surface area contributed by atoms with Crippen LogP contribution in [0.3, 0.4) is 0 Å². The van der Waals surface area contributed by atoms with Crippen LogP contribution in [0.1, 0.15) is 19.4 Å². The van der Waals surface area contributed by atoms with E-state index in [1.165, 1.54) is 24.3 Å². The first-order valence-corrected chi connectivity index (χ1v) is 6.45. The molecule has 2 rings (SSSR count). The third-order valence-corrected chi connectivity index (χ3v) is 2.99. The van der Waals surface area contributed by atoms with Gasteiger partial charge in [-0.25, -0.2) is 13.2 Å². The highest BCUT2D eigenvalue weighted by atomic mass is 19.2. The molecule has 0 saturated heterocycles. The second-order valence-electron chi connectivity index (χ2n) is 4.95. The third-order valence-electron chi connectivity index (χ3n) is 2.99. The molecule has 0 unspecified atom stereocenters. The van der Waals surface area contributed by atoms with Crippen molar-refractivity contribution in [3.05, 3.63) is 59.4 Å². The summed E-state index contributed by atoms with van der Waals surface area (Å²) in [5, 5.41) is 3.17. The van der Waals surface area contributed by atoms with E-state index < -0.39 is 17.5 Å². The lowest BCUT2D eigenvalue weighted by Crippen LogP contribution is -2.21. The fourth-order valence-electron chi connectivity index (χ4n) is 1.92. The van der Waals surface area contributed by atoms with E-state index in [2.05, 4.69) is 5.32 Å². The zero-order chi connectivity index (χ0) is 14.7. The molecule has 0 aliphatic carbocycles. The molecule has 0 fully saturated rings. The number of halogens is 3. The summed E-state index contributed by atoms with van der Waals surface area (Å²) in [4.78, 5) is 0. The average Bonchev–Trinajstić information content (AvgIpc) is 2.40. The highest BCUT2D eigenvalue weighted by molar-refractivity contribution is 5.65. The number of hydrogen-bond acceptors (Lipinski definition) is 1. The predicted octanol–water partition coefficient (Wildman–Crippen LogP) is 4.27. The van der Waals surface area contributed by atoms with Crippen LogP contribution in [0.25, 0.3) is 11.1 Å². The molecule has 4 heteroatoms. The van der Waals surface area contributed by atoms with Crippen molar-refractivity contribution in [2.45, 2.75) is 26.4 Å². The molecule has 1 nitrogen and oxygen atoms in total. The molecule has 0 saturated carbocycles. The summed E-state index contributed by atoms with van der Waals surface area (Å²) in [6, 6.07) is 8.55. The summed E-state index contributed by atoms with van der Waals surface area (Å²) in [5.41, 5.74) is 0.762. The van der Waals surface area contributed by atoms with E-state index in [4.69, 9.17) is 0 Å². The molecule has 0 heterocycles. The molecule has 1 N–H and O–H groups in total. The van der Waals surface area contributed by atoms with Gasteiger partial charge in [-0.05, 0) is 17.7 Å². The van der Waals surface area contributed by atoms with Gasteiger partial charge in [-0.2, -0.15) is 0 Å². The zero-order valence-corrected chi connectivity index (χ0v) is 11.4. The smallest absolute Gasteiger partial charge is 0.166 e. The quantitative estimate of drug-likeness (QED) is 0.881. The largest absolute Gasteiger partial charge is 0.310 e. The molecule has 0 bridgehead atoms. The Balaban J connectivity index is 2.32. The lowest BCUT2D eigenvalue weighted by Gasteiger charge is -2.10. The summed E-state index contributed by atoms with van der Waals surface area (Å²) >= 11 is 0. The van der Waals surface area contributed by atoms with Crippen molar-refractivity contribution in [2.24, 2.45) is 0 Å². The lowest BCUT2D eigenvalue weighted by atomic mass is 10.0. The number of nitrogens with one attached hydrogen (secondary N) is 1. The molecule has 0 amide bonds. The summed E-state index contributed by atoms with van der Waals surface area (Å²) in [7, 11) is 0. The van der Waals surface area contributed by atoms with E-state index in [1.54, 1.807) is 6.07 Å². The van der Waals surface area contributed by atoms with Crippen molar-refractivity contribution in [3.63, 3.8) is 0 Å². The van der Waals surface area contributed by atoms with Crippen LogP contribution in [0, 0.1) is 17.5 Å². The second kappa shape index (κ2) is 6.09. The first-order valence-electron chi connectivity index (χ1n) is 6.45. The van der Waals surface area contributed by atoms with E-state index in [0.717, 1.165) is 11.6 Å². The maximum atomic E-state index is 14.1. The van der Waals surface area contributed by atoms with E-state index in [-0.39, 0.29) is 11.1 Å². The van der Waals surface area contributed by atoms with Crippen molar-refractivity contribution in [2.75, 3.05) is 0 Å². The van der Waals surface area contributed by atoms with Gasteiger partial charge in [-0.15, -0.1) is 0 Å². The molecule has 0 radical (unpaired) electrons. The van der Waals surface area contributed by atoms with E-state index in [1.807, 2.05) is 13.8 Å². The zero-order valence-electron chi connectivity index (χ0n) is 11.4. The van der Waals surface area contributed by atoms with Gasteiger partial charge in [0.25, 0.3) is 0 Å². The number of rotatable bonds is 4. The molecule has 0 aliphatic heterocycles. The molecule has 0 atom stereocenters. The standard InChI is InChI=1S/C16H16F3N/c1-10(2)20-9-11-6-7-12(15(18)8-11)13-4-3-5-14(17)16(13)19/h3-8,10,20H,9H2,1-2H3. The van der Waals surface area contributed by atoms with Crippen LogP contribution < -0.4 is 5.32 Å². The Kier molecular flexibility index (Phi) is 4.45. The molecule has 0 aromatic heterocycles. The van der Waals surface area contributed by atoms with Crippen molar-refractivity contribution in [3.8, 4) is 11.1 Å². The van der Waals surface area contributed by atoms with Crippen molar-refractivity contribution in [1.82, 2.24) is 5.32 Å². The molecule has 0 aliphatic rings. The highest BCUT2D eigenvalue weighted by Gasteiger charge is 2.13. The van der Waals surface area contributed by atoms with Crippen LogP contribution in [0.2, 0.25) is 0 Å². The lowest BCUT2D eigenvalue weighted by molar-refractivity contribution is 0.510. The van der Waals surface area contributed by atoms with Crippen molar-refractivity contribution >= 4 is 0 Å². The van der Waals surface area contributed by atoms with Crippen molar-refractivity contribution in [1.29, 1.82) is 0 Å². The fraction of sp³-hybridized carbons (Fsp3) is 0.250. The van der Waals surface area contributed by atoms with Crippen LogP contribution in [-0.4, -0.2) is 6.04 Å². The van der Waals surface area contributed by atoms with Gasteiger partial charge < -0.3 is 5.32 Å². The van der Waals surface area contributed by atoms with Gasteiger partial charge in [0.05, 0.1) is 0 Å². The van der Waals surface area contributed by atoms with Crippen molar-refractivity contribution < 1.29 is 13.2 Å². The number of benzene rings is 2. The Bertz CT molecular complexity index is 609. The summed E-state index contributed by atoms with van der Waals surface area (Å²) in [6.07, 6.45) is 0. The molecule has 2 aromatic rings. The molecule has 2 aromatic carbocycles. The molecular formula is C16H16F3N.